The standard InChI is InChI=1S/C30H36N2O/c1(2-10-18-31-22-26-21-25-14-6-9-17-29(25)33-26)3-11-19-32-30-27-15-7-4-12-23(27)20-24-13-5-8-16-28(24)30/h4,6-7,9,12,14-15,17,20-21,31-32H,1-3,5,8,10-11,13,16,18-19,22H2. The Morgan fingerprint density at radius 1 is 0.727 bits per heavy atom. The van der Waals surface area contributed by atoms with Gasteiger partial charge in [-0.15, -0.1) is 0 Å². The van der Waals surface area contributed by atoms with E-state index in [0.717, 1.165) is 31.0 Å². The maximum absolute atomic E-state index is 5.87. The van der Waals surface area contributed by atoms with E-state index >= 15 is 0 Å². The molecule has 0 aliphatic heterocycles. The van der Waals surface area contributed by atoms with E-state index in [0.29, 0.717) is 0 Å². The second kappa shape index (κ2) is 10.9. The molecule has 5 rings (SSSR count). The predicted octanol–water partition coefficient (Wildman–Crippen LogP) is 7.62. The van der Waals surface area contributed by atoms with Crippen LogP contribution in [0.3, 0.4) is 0 Å². The second-order valence-corrected chi connectivity index (χ2v) is 9.44. The Kier molecular flexibility index (Phi) is 7.27. The van der Waals surface area contributed by atoms with Gasteiger partial charge in [-0.2, -0.15) is 0 Å². The zero-order valence-electron chi connectivity index (χ0n) is 19.7. The Balaban J connectivity index is 1.00. The van der Waals surface area contributed by atoms with Crippen molar-refractivity contribution in [2.75, 3.05) is 18.4 Å². The number of benzene rings is 3. The Morgan fingerprint density at radius 3 is 2.39 bits per heavy atom. The highest BCUT2D eigenvalue weighted by Gasteiger charge is 2.16. The maximum Gasteiger partial charge on any atom is 0.134 e. The van der Waals surface area contributed by atoms with Crippen LogP contribution in [-0.4, -0.2) is 13.1 Å². The van der Waals surface area contributed by atoms with Crippen molar-refractivity contribution in [1.29, 1.82) is 0 Å². The van der Waals surface area contributed by atoms with Gasteiger partial charge >= 0.3 is 0 Å². The van der Waals surface area contributed by atoms with Gasteiger partial charge in [0.05, 0.1) is 6.54 Å². The number of aryl methyl sites for hydroxylation is 1. The Labute approximate surface area is 197 Å². The molecule has 4 aromatic rings. The van der Waals surface area contributed by atoms with Gasteiger partial charge in [0.15, 0.2) is 0 Å². The first-order valence-corrected chi connectivity index (χ1v) is 12.8. The summed E-state index contributed by atoms with van der Waals surface area (Å²) in [6.45, 7) is 2.94. The Bertz CT molecular complexity index is 1160. The van der Waals surface area contributed by atoms with Crippen LogP contribution in [0.4, 0.5) is 5.69 Å². The third-order valence-corrected chi connectivity index (χ3v) is 6.98. The SMILES string of the molecule is c1ccc2oc(CNCCCCCCCNc3c4c(cc5ccccc35)CCCC4)cc2c1. The lowest BCUT2D eigenvalue weighted by Gasteiger charge is -2.22. The lowest BCUT2D eigenvalue weighted by Crippen LogP contribution is -2.14. The number of unbranched alkanes of at least 4 members (excludes halogenated alkanes) is 4. The lowest BCUT2D eigenvalue weighted by molar-refractivity contribution is 0.502. The molecule has 1 aliphatic rings. The summed E-state index contributed by atoms with van der Waals surface area (Å²) in [5.74, 6) is 1.03. The minimum absolute atomic E-state index is 0.813. The molecule has 33 heavy (non-hydrogen) atoms. The third kappa shape index (κ3) is 5.42. The zero-order chi connectivity index (χ0) is 22.3. The van der Waals surface area contributed by atoms with E-state index in [1.807, 2.05) is 12.1 Å². The fraction of sp³-hybridized carbons (Fsp3) is 0.400. The average Bonchev–Trinajstić information content (AvgIpc) is 3.27. The summed E-state index contributed by atoms with van der Waals surface area (Å²) in [4.78, 5) is 0. The number of fused-ring (bicyclic) bond motifs is 3. The smallest absolute Gasteiger partial charge is 0.134 e. The van der Waals surface area contributed by atoms with E-state index in [4.69, 9.17) is 4.42 Å². The van der Waals surface area contributed by atoms with Crippen molar-refractivity contribution in [1.82, 2.24) is 5.32 Å². The van der Waals surface area contributed by atoms with Crippen LogP contribution >= 0.6 is 0 Å². The molecule has 0 unspecified atom stereocenters. The van der Waals surface area contributed by atoms with Crippen molar-refractivity contribution in [3.8, 4) is 0 Å². The van der Waals surface area contributed by atoms with Crippen LogP contribution in [0.2, 0.25) is 0 Å². The quantitative estimate of drug-likeness (QED) is 0.236. The van der Waals surface area contributed by atoms with E-state index < -0.39 is 0 Å². The molecule has 0 spiro atoms. The molecule has 0 fully saturated rings. The molecule has 0 amide bonds. The molecular formula is C30H36N2O. The molecule has 1 aliphatic carbocycles. The summed E-state index contributed by atoms with van der Waals surface area (Å²) in [6.07, 6.45) is 11.5. The van der Waals surface area contributed by atoms with Crippen LogP contribution in [0, 0.1) is 0 Å². The topological polar surface area (TPSA) is 37.2 Å². The molecule has 3 aromatic carbocycles. The first-order chi connectivity index (χ1) is 16.4. The zero-order valence-corrected chi connectivity index (χ0v) is 19.7. The molecule has 1 aromatic heterocycles. The lowest BCUT2D eigenvalue weighted by atomic mass is 9.87. The number of hydrogen-bond acceptors (Lipinski definition) is 3. The van der Waals surface area contributed by atoms with Crippen LogP contribution in [0.5, 0.6) is 0 Å². The highest BCUT2D eigenvalue weighted by atomic mass is 16.3. The highest BCUT2D eigenvalue weighted by molar-refractivity contribution is 5.96. The maximum atomic E-state index is 5.87. The van der Waals surface area contributed by atoms with Crippen LogP contribution in [0.25, 0.3) is 21.7 Å². The van der Waals surface area contributed by atoms with E-state index in [1.54, 1.807) is 11.1 Å². The van der Waals surface area contributed by atoms with Gasteiger partial charge in [-0.25, -0.2) is 0 Å². The minimum atomic E-state index is 0.813. The molecule has 3 nitrogen and oxygen atoms in total. The van der Waals surface area contributed by atoms with E-state index in [2.05, 4.69) is 59.2 Å². The predicted molar refractivity (Wildman–Crippen MR) is 140 cm³/mol. The molecule has 3 heteroatoms. The first-order valence-electron chi connectivity index (χ1n) is 12.8. The number of nitrogens with one attached hydrogen (secondary N) is 2. The minimum Gasteiger partial charge on any atom is -0.460 e. The molecule has 0 saturated heterocycles. The number of anilines is 1. The Morgan fingerprint density at radius 2 is 1.48 bits per heavy atom. The first kappa shape index (κ1) is 22.0. The second-order valence-electron chi connectivity index (χ2n) is 9.44. The molecule has 0 atom stereocenters. The van der Waals surface area contributed by atoms with Crippen molar-refractivity contribution in [2.24, 2.45) is 0 Å². The van der Waals surface area contributed by atoms with Crippen LogP contribution in [0.1, 0.15) is 61.8 Å². The van der Waals surface area contributed by atoms with Crippen molar-refractivity contribution >= 4 is 27.4 Å². The van der Waals surface area contributed by atoms with Gasteiger partial charge in [0, 0.05) is 23.0 Å². The summed E-state index contributed by atoms with van der Waals surface area (Å²) < 4.78 is 5.87. The summed E-state index contributed by atoms with van der Waals surface area (Å²) in [5, 5.41) is 11.3. The molecule has 0 radical (unpaired) electrons. The molecule has 0 bridgehead atoms. The van der Waals surface area contributed by atoms with E-state index in [1.165, 1.54) is 79.6 Å². The normalized spacial score (nSPS) is 13.5. The van der Waals surface area contributed by atoms with Crippen molar-refractivity contribution in [2.45, 2.75) is 64.3 Å². The molecule has 1 heterocycles. The Hall–Kier alpha value is -2.78. The summed E-state index contributed by atoms with van der Waals surface area (Å²) >= 11 is 0. The molecule has 172 valence electrons. The number of para-hydroxylation sites is 1. The van der Waals surface area contributed by atoms with Crippen LogP contribution in [-0.2, 0) is 19.4 Å². The number of furan rings is 1. The summed E-state index contributed by atoms with van der Waals surface area (Å²) in [5.41, 5.74) is 5.54. The fourth-order valence-corrected chi connectivity index (χ4v) is 5.23. The third-order valence-electron chi connectivity index (χ3n) is 6.98. The van der Waals surface area contributed by atoms with Gasteiger partial charge in [-0.1, -0.05) is 67.8 Å². The van der Waals surface area contributed by atoms with Crippen molar-refractivity contribution in [3.63, 3.8) is 0 Å². The summed E-state index contributed by atoms with van der Waals surface area (Å²) in [6, 6.07) is 21.7. The van der Waals surface area contributed by atoms with Gasteiger partial charge in [0.1, 0.15) is 11.3 Å². The van der Waals surface area contributed by atoms with Gasteiger partial charge in [-0.05, 0) is 73.7 Å². The number of rotatable bonds is 11. The van der Waals surface area contributed by atoms with Gasteiger partial charge < -0.3 is 15.1 Å². The summed E-state index contributed by atoms with van der Waals surface area (Å²) in [7, 11) is 0. The molecule has 2 N–H and O–H groups in total. The highest BCUT2D eigenvalue weighted by Crippen LogP contribution is 2.35. The molecule has 0 saturated carbocycles. The van der Waals surface area contributed by atoms with E-state index in [9.17, 15) is 0 Å². The van der Waals surface area contributed by atoms with Crippen LogP contribution in [0.15, 0.2) is 65.1 Å². The average molecular weight is 441 g/mol. The van der Waals surface area contributed by atoms with Crippen molar-refractivity contribution < 1.29 is 4.42 Å². The largest absolute Gasteiger partial charge is 0.460 e. The van der Waals surface area contributed by atoms with Gasteiger partial charge in [0.25, 0.3) is 0 Å². The fourth-order valence-electron chi connectivity index (χ4n) is 5.23. The van der Waals surface area contributed by atoms with Crippen molar-refractivity contribution in [3.05, 3.63) is 77.6 Å². The number of hydrogen-bond donors (Lipinski definition) is 2. The monoisotopic (exact) mass is 440 g/mol. The van der Waals surface area contributed by atoms with Crippen LogP contribution < -0.4 is 10.6 Å². The van der Waals surface area contributed by atoms with Gasteiger partial charge in [-0.3, -0.25) is 0 Å². The van der Waals surface area contributed by atoms with E-state index in [-0.39, 0.29) is 0 Å². The van der Waals surface area contributed by atoms with Gasteiger partial charge in [0.2, 0.25) is 0 Å². The molecular weight excluding hydrogens is 404 g/mol.